The van der Waals surface area contributed by atoms with Crippen LogP contribution in [-0.4, -0.2) is 18.4 Å². The normalized spacial score (nSPS) is 10.2. The van der Waals surface area contributed by atoms with Gasteiger partial charge in [0.1, 0.15) is 0 Å². The standard InChI is InChI=1S/C18H19Cl2N3O2/c1-2-4-17(24)22-15-6-3-5-14(10-15)21-11-18(25)23-16-8-12(19)7-13(20)9-16/h3,5-10,21H,2,4,11H2,1H3,(H,22,24)(H,23,25). The van der Waals surface area contributed by atoms with Gasteiger partial charge in [-0.2, -0.15) is 0 Å². The molecule has 7 heteroatoms. The van der Waals surface area contributed by atoms with Crippen LogP contribution in [0.4, 0.5) is 17.1 Å². The van der Waals surface area contributed by atoms with Gasteiger partial charge in [0.05, 0.1) is 6.54 Å². The highest BCUT2D eigenvalue weighted by Gasteiger charge is 2.06. The molecule has 2 aromatic rings. The SMILES string of the molecule is CCCC(=O)Nc1cccc(NCC(=O)Nc2cc(Cl)cc(Cl)c2)c1. The Morgan fingerprint density at radius 2 is 1.52 bits per heavy atom. The molecule has 0 radical (unpaired) electrons. The smallest absolute Gasteiger partial charge is 0.243 e. The molecule has 0 atom stereocenters. The van der Waals surface area contributed by atoms with Gasteiger partial charge in [-0.25, -0.2) is 0 Å². The van der Waals surface area contributed by atoms with Crippen molar-refractivity contribution in [2.75, 3.05) is 22.5 Å². The van der Waals surface area contributed by atoms with Gasteiger partial charge in [-0.3, -0.25) is 9.59 Å². The monoisotopic (exact) mass is 379 g/mol. The van der Waals surface area contributed by atoms with Crippen LogP contribution in [0.2, 0.25) is 10.0 Å². The van der Waals surface area contributed by atoms with E-state index in [1.807, 2.05) is 13.0 Å². The Labute approximate surface area is 156 Å². The van der Waals surface area contributed by atoms with Gasteiger partial charge in [-0.1, -0.05) is 36.2 Å². The molecule has 0 aliphatic carbocycles. The second kappa shape index (κ2) is 9.30. The van der Waals surface area contributed by atoms with Crippen LogP contribution in [0, 0.1) is 0 Å². The zero-order valence-corrected chi connectivity index (χ0v) is 15.2. The van der Waals surface area contributed by atoms with Crippen molar-refractivity contribution < 1.29 is 9.59 Å². The van der Waals surface area contributed by atoms with Gasteiger partial charge in [0.25, 0.3) is 0 Å². The van der Waals surface area contributed by atoms with E-state index in [1.165, 1.54) is 0 Å². The summed E-state index contributed by atoms with van der Waals surface area (Å²) in [6, 6.07) is 12.0. The second-order valence-electron chi connectivity index (χ2n) is 5.44. The number of halogens is 2. The van der Waals surface area contributed by atoms with Gasteiger partial charge in [0.15, 0.2) is 0 Å². The highest BCUT2D eigenvalue weighted by molar-refractivity contribution is 6.35. The fourth-order valence-corrected chi connectivity index (χ4v) is 2.70. The lowest BCUT2D eigenvalue weighted by molar-refractivity contribution is -0.116. The van der Waals surface area contributed by atoms with E-state index in [1.54, 1.807) is 36.4 Å². The molecule has 25 heavy (non-hydrogen) atoms. The minimum atomic E-state index is -0.237. The molecule has 2 amide bonds. The van der Waals surface area contributed by atoms with Crippen molar-refractivity contribution >= 4 is 52.1 Å². The first-order valence-electron chi connectivity index (χ1n) is 7.86. The van der Waals surface area contributed by atoms with Gasteiger partial charge < -0.3 is 16.0 Å². The van der Waals surface area contributed by atoms with Crippen LogP contribution >= 0.6 is 23.2 Å². The fraction of sp³-hybridized carbons (Fsp3) is 0.222. The average Bonchev–Trinajstić information content (AvgIpc) is 2.52. The predicted octanol–water partition coefficient (Wildman–Crippen LogP) is 4.78. The topological polar surface area (TPSA) is 70.2 Å². The zero-order chi connectivity index (χ0) is 18.2. The summed E-state index contributed by atoms with van der Waals surface area (Å²) in [6.45, 7) is 2.01. The van der Waals surface area contributed by atoms with Crippen LogP contribution < -0.4 is 16.0 Å². The van der Waals surface area contributed by atoms with Gasteiger partial charge in [0.2, 0.25) is 11.8 Å². The third-order valence-electron chi connectivity index (χ3n) is 3.22. The summed E-state index contributed by atoms with van der Waals surface area (Å²) in [5.74, 6) is -0.269. The first-order valence-corrected chi connectivity index (χ1v) is 8.61. The molecule has 5 nitrogen and oxygen atoms in total. The highest BCUT2D eigenvalue weighted by atomic mass is 35.5. The number of carbonyl (C=O) groups excluding carboxylic acids is 2. The maximum absolute atomic E-state index is 12.0. The molecule has 0 fully saturated rings. The lowest BCUT2D eigenvalue weighted by Crippen LogP contribution is -2.21. The Kier molecular flexibility index (Phi) is 7.10. The van der Waals surface area contributed by atoms with Crippen molar-refractivity contribution in [1.29, 1.82) is 0 Å². The van der Waals surface area contributed by atoms with Crippen LogP contribution in [0.3, 0.4) is 0 Å². The number of anilines is 3. The van der Waals surface area contributed by atoms with E-state index in [4.69, 9.17) is 23.2 Å². The summed E-state index contributed by atoms with van der Waals surface area (Å²) >= 11 is 11.8. The predicted molar refractivity (Wildman–Crippen MR) is 104 cm³/mol. The Morgan fingerprint density at radius 3 is 2.20 bits per heavy atom. The average molecular weight is 380 g/mol. The highest BCUT2D eigenvalue weighted by Crippen LogP contribution is 2.22. The molecule has 0 aliphatic rings. The molecule has 2 aromatic carbocycles. The van der Waals surface area contributed by atoms with E-state index in [0.717, 1.165) is 12.1 Å². The minimum absolute atomic E-state index is 0.0322. The molecule has 0 aromatic heterocycles. The molecule has 0 bridgehead atoms. The van der Waals surface area contributed by atoms with E-state index >= 15 is 0 Å². The molecule has 3 N–H and O–H groups in total. The molecular formula is C18H19Cl2N3O2. The first kappa shape index (κ1) is 19.1. The van der Waals surface area contributed by atoms with Gasteiger partial charge in [0, 0.05) is 33.5 Å². The molecule has 0 saturated carbocycles. The Bertz CT molecular complexity index is 745. The summed E-state index contributed by atoms with van der Waals surface area (Å²) in [5, 5.41) is 9.44. The Balaban J connectivity index is 1.90. The van der Waals surface area contributed by atoms with Gasteiger partial charge in [-0.05, 0) is 42.8 Å². The van der Waals surface area contributed by atoms with Crippen molar-refractivity contribution in [3.63, 3.8) is 0 Å². The van der Waals surface area contributed by atoms with E-state index < -0.39 is 0 Å². The lowest BCUT2D eigenvalue weighted by Gasteiger charge is -2.10. The van der Waals surface area contributed by atoms with Crippen LogP contribution in [0.5, 0.6) is 0 Å². The Morgan fingerprint density at radius 1 is 0.880 bits per heavy atom. The fourth-order valence-electron chi connectivity index (χ4n) is 2.17. The largest absolute Gasteiger partial charge is 0.376 e. The van der Waals surface area contributed by atoms with Gasteiger partial charge in [-0.15, -0.1) is 0 Å². The summed E-state index contributed by atoms with van der Waals surface area (Å²) < 4.78 is 0. The molecular weight excluding hydrogens is 361 g/mol. The maximum atomic E-state index is 12.0. The molecule has 0 spiro atoms. The van der Waals surface area contributed by atoms with Crippen molar-refractivity contribution in [1.82, 2.24) is 0 Å². The number of nitrogens with one attached hydrogen (secondary N) is 3. The van der Waals surface area contributed by atoms with Crippen LogP contribution in [0.25, 0.3) is 0 Å². The van der Waals surface area contributed by atoms with E-state index in [2.05, 4.69) is 16.0 Å². The van der Waals surface area contributed by atoms with Crippen LogP contribution in [0.1, 0.15) is 19.8 Å². The quantitative estimate of drug-likeness (QED) is 0.647. The third kappa shape index (κ3) is 6.64. The third-order valence-corrected chi connectivity index (χ3v) is 3.66. The number of rotatable bonds is 7. The molecule has 0 saturated heterocycles. The molecule has 132 valence electrons. The molecule has 0 unspecified atom stereocenters. The lowest BCUT2D eigenvalue weighted by atomic mass is 10.2. The summed E-state index contributed by atoms with van der Waals surface area (Å²) in [7, 11) is 0. The Hall–Kier alpha value is -2.24. The number of amides is 2. The van der Waals surface area contributed by atoms with Crippen molar-refractivity contribution in [2.45, 2.75) is 19.8 Å². The molecule has 0 heterocycles. The molecule has 2 rings (SSSR count). The van der Waals surface area contributed by atoms with E-state index in [0.29, 0.717) is 27.8 Å². The number of benzene rings is 2. The van der Waals surface area contributed by atoms with Crippen molar-refractivity contribution in [2.24, 2.45) is 0 Å². The first-order chi connectivity index (χ1) is 12.0. The summed E-state index contributed by atoms with van der Waals surface area (Å²) in [5.41, 5.74) is 1.95. The minimum Gasteiger partial charge on any atom is -0.376 e. The van der Waals surface area contributed by atoms with Crippen LogP contribution in [0.15, 0.2) is 42.5 Å². The van der Waals surface area contributed by atoms with E-state index in [-0.39, 0.29) is 18.4 Å². The summed E-state index contributed by atoms with van der Waals surface area (Å²) in [6.07, 6.45) is 1.26. The molecule has 0 aliphatic heterocycles. The van der Waals surface area contributed by atoms with Gasteiger partial charge >= 0.3 is 0 Å². The van der Waals surface area contributed by atoms with Crippen molar-refractivity contribution in [3.05, 3.63) is 52.5 Å². The van der Waals surface area contributed by atoms with E-state index in [9.17, 15) is 9.59 Å². The van der Waals surface area contributed by atoms with Crippen LogP contribution in [-0.2, 0) is 9.59 Å². The van der Waals surface area contributed by atoms with Crippen molar-refractivity contribution in [3.8, 4) is 0 Å². The second-order valence-corrected chi connectivity index (χ2v) is 6.31. The number of hydrogen-bond donors (Lipinski definition) is 3. The maximum Gasteiger partial charge on any atom is 0.243 e. The summed E-state index contributed by atoms with van der Waals surface area (Å²) in [4.78, 5) is 23.7. The number of hydrogen-bond acceptors (Lipinski definition) is 3. The number of carbonyl (C=O) groups is 2. The zero-order valence-electron chi connectivity index (χ0n) is 13.7.